The van der Waals surface area contributed by atoms with Crippen LogP contribution in [0.25, 0.3) is 0 Å². The summed E-state index contributed by atoms with van der Waals surface area (Å²) in [5, 5.41) is 9.05. The molecule has 0 heterocycles. The van der Waals surface area contributed by atoms with Gasteiger partial charge in [-0.05, 0) is 34.4 Å². The molecule has 0 saturated heterocycles. The monoisotopic (exact) mass is 332 g/mol. The summed E-state index contributed by atoms with van der Waals surface area (Å²) in [6, 6.07) is 5.41. The van der Waals surface area contributed by atoms with Gasteiger partial charge in [0.2, 0.25) is 0 Å². The van der Waals surface area contributed by atoms with E-state index in [4.69, 9.17) is 10.8 Å². The molecule has 1 rings (SSSR count). The standard InChI is InChI=1S/C11H13NO4.CH6Si.Cu/c1-7(13)16-11(15)10(12)6-8-2-4-9(14)5-3-8;1-2;/h2-5,10,14H,6,12H2,1H3;1-2H3;. The number of benzene rings is 1. The zero-order chi connectivity index (χ0) is 14.1. The Morgan fingerprint density at radius 1 is 1.32 bits per heavy atom. The summed E-state index contributed by atoms with van der Waals surface area (Å²) in [7, 11) is 1.31. The van der Waals surface area contributed by atoms with Gasteiger partial charge in [0.15, 0.2) is 0 Å². The van der Waals surface area contributed by atoms with Crippen LogP contribution in [0.1, 0.15) is 12.5 Å². The summed E-state index contributed by atoms with van der Waals surface area (Å²) >= 11 is 0. The summed E-state index contributed by atoms with van der Waals surface area (Å²) in [5.74, 6) is -1.28. The minimum absolute atomic E-state index is 0. The van der Waals surface area contributed by atoms with Crippen LogP contribution in [0.3, 0.4) is 0 Å². The Morgan fingerprint density at radius 3 is 2.21 bits per heavy atom. The van der Waals surface area contributed by atoms with Crippen molar-refractivity contribution in [2.45, 2.75) is 25.9 Å². The number of phenolic OH excluding ortho intramolecular Hbond substituents is 1. The summed E-state index contributed by atoms with van der Waals surface area (Å²) < 4.78 is 4.36. The molecular formula is C12H19CuNO4Si. The maximum absolute atomic E-state index is 11.2. The van der Waals surface area contributed by atoms with Crippen molar-refractivity contribution in [3.8, 4) is 5.75 Å². The third-order valence-corrected chi connectivity index (χ3v) is 1.94. The van der Waals surface area contributed by atoms with E-state index in [-0.39, 0.29) is 29.2 Å². The molecular weight excluding hydrogens is 314 g/mol. The number of phenols is 1. The number of nitrogens with two attached hydrogens (primary N) is 1. The van der Waals surface area contributed by atoms with Crippen molar-refractivity contribution in [2.24, 2.45) is 5.73 Å². The molecule has 3 N–H and O–H groups in total. The molecule has 0 aromatic heterocycles. The molecule has 1 aromatic carbocycles. The molecule has 0 spiro atoms. The van der Waals surface area contributed by atoms with Crippen molar-refractivity contribution >= 4 is 22.2 Å². The molecule has 0 fully saturated rings. The Morgan fingerprint density at radius 2 is 1.79 bits per heavy atom. The van der Waals surface area contributed by atoms with E-state index in [1.807, 2.05) is 0 Å². The molecule has 0 saturated carbocycles. The summed E-state index contributed by atoms with van der Waals surface area (Å²) in [6.45, 7) is 3.28. The second-order valence-corrected chi connectivity index (χ2v) is 3.39. The molecule has 0 aliphatic carbocycles. The second kappa shape index (κ2) is 10.7. The summed E-state index contributed by atoms with van der Waals surface area (Å²) in [4.78, 5) is 21.7. The topological polar surface area (TPSA) is 89.6 Å². The van der Waals surface area contributed by atoms with Crippen LogP contribution in [0.2, 0.25) is 6.55 Å². The Kier molecular flexibility index (Phi) is 11.4. The zero-order valence-corrected chi connectivity index (χ0v) is 14.1. The van der Waals surface area contributed by atoms with Crippen molar-refractivity contribution in [3.05, 3.63) is 29.8 Å². The fourth-order valence-electron chi connectivity index (χ4n) is 1.19. The third kappa shape index (κ3) is 8.55. The normalized spacial score (nSPS) is 10.5. The van der Waals surface area contributed by atoms with E-state index in [0.29, 0.717) is 0 Å². The van der Waals surface area contributed by atoms with E-state index in [2.05, 4.69) is 11.3 Å². The van der Waals surface area contributed by atoms with Gasteiger partial charge in [0, 0.05) is 24.0 Å². The van der Waals surface area contributed by atoms with E-state index >= 15 is 0 Å². The van der Waals surface area contributed by atoms with Crippen molar-refractivity contribution < 1.29 is 36.5 Å². The van der Waals surface area contributed by atoms with E-state index in [9.17, 15) is 9.59 Å². The maximum atomic E-state index is 11.2. The number of carbonyl (C=O) groups excluding carboxylic acids is 2. The number of aromatic hydroxyl groups is 1. The van der Waals surface area contributed by atoms with Crippen LogP contribution in [0.5, 0.6) is 5.75 Å². The van der Waals surface area contributed by atoms with E-state index in [1.165, 1.54) is 22.4 Å². The van der Waals surface area contributed by atoms with Gasteiger partial charge in [0.05, 0.1) is 0 Å². The molecule has 0 amide bonds. The van der Waals surface area contributed by atoms with Crippen LogP contribution in [-0.4, -0.2) is 33.3 Å². The molecule has 5 nitrogen and oxygen atoms in total. The van der Waals surface area contributed by atoms with Gasteiger partial charge in [-0.2, -0.15) is 0 Å². The summed E-state index contributed by atoms with van der Waals surface area (Å²) in [6.07, 6.45) is 0.256. The Labute approximate surface area is 126 Å². The number of hydrogen-bond donors (Lipinski definition) is 2. The smallest absolute Gasteiger partial charge is 0.330 e. The van der Waals surface area contributed by atoms with Gasteiger partial charge in [-0.25, -0.2) is 4.79 Å². The second-order valence-electron chi connectivity index (χ2n) is 3.39. The maximum Gasteiger partial charge on any atom is 0.330 e. The molecule has 7 heteroatoms. The van der Waals surface area contributed by atoms with Crippen LogP contribution in [-0.2, 0) is 37.8 Å². The molecule has 0 aliphatic heterocycles. The van der Waals surface area contributed by atoms with Crippen LogP contribution in [0, 0.1) is 0 Å². The first-order valence-corrected chi connectivity index (χ1v) is 7.75. The van der Waals surface area contributed by atoms with Crippen LogP contribution in [0.4, 0.5) is 0 Å². The number of carbonyl (C=O) groups is 2. The molecule has 0 bridgehead atoms. The molecule has 1 atom stereocenters. The Bertz CT molecular complexity index is 397. The van der Waals surface area contributed by atoms with Gasteiger partial charge in [-0.1, -0.05) is 18.7 Å². The SMILES string of the molecule is CC(=O)OC(=O)C(N)Cc1ccc(O)cc1.C[SiH3].[Cu]. The molecule has 1 unspecified atom stereocenters. The summed E-state index contributed by atoms with van der Waals surface area (Å²) in [5.41, 5.74) is 6.33. The molecule has 19 heavy (non-hydrogen) atoms. The average Bonchev–Trinajstić information content (AvgIpc) is 2.33. The molecule has 0 aliphatic rings. The number of hydrogen-bond acceptors (Lipinski definition) is 5. The van der Waals surface area contributed by atoms with Gasteiger partial charge >= 0.3 is 11.9 Å². The van der Waals surface area contributed by atoms with Gasteiger partial charge in [0.1, 0.15) is 11.8 Å². The quantitative estimate of drug-likeness (QED) is 0.452. The number of ether oxygens (including phenoxy) is 1. The predicted octanol–water partition coefficient (Wildman–Crippen LogP) is -0.251. The molecule has 1 radical (unpaired) electrons. The average molecular weight is 333 g/mol. The number of esters is 2. The first-order chi connectivity index (χ1) is 8.49. The first kappa shape index (κ1) is 20.2. The third-order valence-electron chi connectivity index (χ3n) is 1.94. The zero-order valence-electron chi connectivity index (χ0n) is 11.1. The van der Waals surface area contributed by atoms with Crippen LogP contribution < -0.4 is 5.73 Å². The Balaban J connectivity index is 0. The van der Waals surface area contributed by atoms with E-state index in [1.54, 1.807) is 12.1 Å². The van der Waals surface area contributed by atoms with Crippen LogP contribution >= 0.6 is 0 Å². The van der Waals surface area contributed by atoms with Gasteiger partial charge in [-0.15, -0.1) is 0 Å². The van der Waals surface area contributed by atoms with Gasteiger partial charge in [-0.3, -0.25) is 4.79 Å². The first-order valence-electron chi connectivity index (χ1n) is 5.75. The molecule has 1 aromatic rings. The Hall–Kier alpha value is -1.14. The van der Waals surface area contributed by atoms with Crippen molar-refractivity contribution in [1.82, 2.24) is 0 Å². The fourth-order valence-corrected chi connectivity index (χ4v) is 1.19. The van der Waals surface area contributed by atoms with Crippen molar-refractivity contribution in [3.63, 3.8) is 0 Å². The minimum atomic E-state index is -0.881. The predicted molar refractivity (Wildman–Crippen MR) is 72.4 cm³/mol. The van der Waals surface area contributed by atoms with Gasteiger partial charge in [0.25, 0.3) is 0 Å². The van der Waals surface area contributed by atoms with Crippen LogP contribution in [0.15, 0.2) is 24.3 Å². The van der Waals surface area contributed by atoms with E-state index < -0.39 is 18.0 Å². The van der Waals surface area contributed by atoms with E-state index in [0.717, 1.165) is 12.5 Å². The van der Waals surface area contributed by atoms with Crippen molar-refractivity contribution in [2.75, 3.05) is 0 Å². The van der Waals surface area contributed by atoms with Crippen molar-refractivity contribution in [1.29, 1.82) is 0 Å². The largest absolute Gasteiger partial charge is 0.508 e. The fraction of sp³-hybridized carbons (Fsp3) is 0.333. The van der Waals surface area contributed by atoms with Gasteiger partial charge < -0.3 is 15.6 Å². The minimum Gasteiger partial charge on any atom is -0.508 e. The molecule has 111 valence electrons. The number of rotatable bonds is 3.